The summed E-state index contributed by atoms with van der Waals surface area (Å²) in [5, 5.41) is 11.7. The molecule has 7 nitrogen and oxygen atoms in total. The predicted octanol–water partition coefficient (Wildman–Crippen LogP) is 2.76. The normalized spacial score (nSPS) is 20.2. The molecule has 3 heterocycles. The SMILES string of the molecule is CC1c2nnc(C3CCCC3)n2CCN1C(=O)NCc1ccc(F)cn1. The van der Waals surface area contributed by atoms with Gasteiger partial charge in [-0.25, -0.2) is 9.18 Å². The minimum absolute atomic E-state index is 0.132. The Labute approximate surface area is 151 Å². The van der Waals surface area contributed by atoms with Crippen molar-refractivity contribution in [2.75, 3.05) is 6.54 Å². The molecule has 1 fully saturated rings. The molecule has 2 amide bonds. The van der Waals surface area contributed by atoms with E-state index in [1.807, 2.05) is 6.92 Å². The maximum atomic E-state index is 12.9. The second kappa shape index (κ2) is 7.01. The molecule has 8 heteroatoms. The smallest absolute Gasteiger partial charge is 0.318 e. The van der Waals surface area contributed by atoms with E-state index in [1.165, 1.54) is 31.7 Å². The zero-order chi connectivity index (χ0) is 18.1. The number of urea groups is 1. The van der Waals surface area contributed by atoms with Crippen LogP contribution in [0.2, 0.25) is 0 Å². The summed E-state index contributed by atoms with van der Waals surface area (Å²) < 4.78 is 15.1. The van der Waals surface area contributed by atoms with Crippen LogP contribution in [0.4, 0.5) is 9.18 Å². The molecule has 2 aromatic heterocycles. The molecule has 2 aliphatic rings. The number of nitrogens with zero attached hydrogens (tertiary/aromatic N) is 5. The van der Waals surface area contributed by atoms with Crippen molar-refractivity contribution in [2.45, 2.75) is 57.7 Å². The van der Waals surface area contributed by atoms with Crippen LogP contribution in [0.25, 0.3) is 0 Å². The van der Waals surface area contributed by atoms with Gasteiger partial charge in [-0.15, -0.1) is 10.2 Å². The van der Waals surface area contributed by atoms with Gasteiger partial charge in [0.25, 0.3) is 0 Å². The largest absolute Gasteiger partial charge is 0.332 e. The molecule has 138 valence electrons. The highest BCUT2D eigenvalue weighted by atomic mass is 19.1. The summed E-state index contributed by atoms with van der Waals surface area (Å²) >= 11 is 0. The molecule has 0 spiro atoms. The molecule has 1 saturated carbocycles. The topological polar surface area (TPSA) is 75.9 Å². The first kappa shape index (κ1) is 16.9. The fourth-order valence-electron chi connectivity index (χ4n) is 3.95. The quantitative estimate of drug-likeness (QED) is 0.915. The number of carbonyl (C=O) groups is 1. The summed E-state index contributed by atoms with van der Waals surface area (Å²) in [5.41, 5.74) is 0.621. The lowest BCUT2D eigenvalue weighted by molar-refractivity contribution is 0.158. The standard InChI is InChI=1S/C18H23FN6O/c1-12-16-22-23-17(13-4-2-3-5-13)25(16)9-8-24(12)18(26)21-11-15-7-6-14(19)10-20-15/h6-7,10,12-13H,2-5,8-9,11H2,1H3,(H,21,26). The number of amides is 2. The van der Waals surface area contributed by atoms with Crippen LogP contribution in [0, 0.1) is 5.82 Å². The summed E-state index contributed by atoms with van der Waals surface area (Å²) in [6, 6.07) is 2.61. The molecular weight excluding hydrogens is 335 g/mol. The molecular formula is C18H23FN6O. The first-order valence-electron chi connectivity index (χ1n) is 9.21. The Bertz CT molecular complexity index is 783. The average Bonchev–Trinajstić information content (AvgIpc) is 3.31. The number of halogens is 1. The van der Waals surface area contributed by atoms with Gasteiger partial charge in [0.15, 0.2) is 5.82 Å². The maximum Gasteiger partial charge on any atom is 0.318 e. The molecule has 1 N–H and O–H groups in total. The monoisotopic (exact) mass is 358 g/mol. The lowest BCUT2D eigenvalue weighted by Gasteiger charge is -2.34. The van der Waals surface area contributed by atoms with Crippen LogP contribution >= 0.6 is 0 Å². The van der Waals surface area contributed by atoms with Gasteiger partial charge in [0.05, 0.1) is 24.5 Å². The summed E-state index contributed by atoms with van der Waals surface area (Å²) in [7, 11) is 0. The zero-order valence-electron chi connectivity index (χ0n) is 14.9. The highest BCUT2D eigenvalue weighted by Gasteiger charge is 2.33. The number of carbonyl (C=O) groups excluding carboxylic acids is 1. The van der Waals surface area contributed by atoms with Crippen LogP contribution in [-0.2, 0) is 13.1 Å². The van der Waals surface area contributed by atoms with Crippen molar-refractivity contribution in [1.29, 1.82) is 0 Å². The summed E-state index contributed by atoms with van der Waals surface area (Å²) in [4.78, 5) is 18.3. The lowest BCUT2D eigenvalue weighted by Crippen LogP contribution is -2.46. The Morgan fingerprint density at radius 3 is 2.73 bits per heavy atom. The van der Waals surface area contributed by atoms with Gasteiger partial charge in [-0.05, 0) is 31.9 Å². The van der Waals surface area contributed by atoms with Crippen molar-refractivity contribution in [3.8, 4) is 0 Å². The molecule has 26 heavy (non-hydrogen) atoms. The van der Waals surface area contributed by atoms with Crippen molar-refractivity contribution in [3.63, 3.8) is 0 Å². The molecule has 0 bridgehead atoms. The Morgan fingerprint density at radius 1 is 1.23 bits per heavy atom. The second-order valence-corrected chi connectivity index (χ2v) is 7.05. The number of aromatic nitrogens is 4. The zero-order valence-corrected chi connectivity index (χ0v) is 14.9. The third-order valence-electron chi connectivity index (χ3n) is 5.40. The number of pyridine rings is 1. The van der Waals surface area contributed by atoms with Gasteiger partial charge in [0.1, 0.15) is 11.6 Å². The van der Waals surface area contributed by atoms with E-state index in [9.17, 15) is 9.18 Å². The van der Waals surface area contributed by atoms with E-state index >= 15 is 0 Å². The maximum absolute atomic E-state index is 12.9. The van der Waals surface area contributed by atoms with Crippen LogP contribution in [0.1, 0.15) is 61.9 Å². The Kier molecular flexibility index (Phi) is 4.57. The minimum Gasteiger partial charge on any atom is -0.332 e. The van der Waals surface area contributed by atoms with E-state index in [4.69, 9.17) is 0 Å². The minimum atomic E-state index is -0.387. The van der Waals surface area contributed by atoms with Crippen LogP contribution in [-0.4, -0.2) is 37.2 Å². The highest BCUT2D eigenvalue weighted by Crippen LogP contribution is 2.35. The Hall–Kier alpha value is -2.51. The summed E-state index contributed by atoms with van der Waals surface area (Å²) in [5.74, 6) is 2.06. The first-order chi connectivity index (χ1) is 12.6. The van der Waals surface area contributed by atoms with Gasteiger partial charge in [-0.2, -0.15) is 0 Å². The van der Waals surface area contributed by atoms with Crippen LogP contribution in [0.3, 0.4) is 0 Å². The molecule has 0 radical (unpaired) electrons. The summed E-state index contributed by atoms with van der Waals surface area (Å²) in [6.45, 7) is 3.59. The van der Waals surface area contributed by atoms with Crippen molar-refractivity contribution < 1.29 is 9.18 Å². The van der Waals surface area contributed by atoms with E-state index in [2.05, 4.69) is 25.1 Å². The highest BCUT2D eigenvalue weighted by molar-refractivity contribution is 5.74. The first-order valence-corrected chi connectivity index (χ1v) is 9.21. The van der Waals surface area contributed by atoms with Gasteiger partial charge in [-0.3, -0.25) is 4.98 Å². The average molecular weight is 358 g/mol. The third kappa shape index (κ3) is 3.15. The van der Waals surface area contributed by atoms with Crippen LogP contribution in [0.5, 0.6) is 0 Å². The van der Waals surface area contributed by atoms with E-state index in [-0.39, 0.29) is 24.4 Å². The predicted molar refractivity (Wildman–Crippen MR) is 92.8 cm³/mol. The second-order valence-electron chi connectivity index (χ2n) is 7.05. The third-order valence-corrected chi connectivity index (χ3v) is 5.40. The molecule has 2 aromatic rings. The van der Waals surface area contributed by atoms with Gasteiger partial charge in [-0.1, -0.05) is 12.8 Å². The van der Waals surface area contributed by atoms with E-state index < -0.39 is 0 Å². The van der Waals surface area contributed by atoms with Gasteiger partial charge in [0, 0.05) is 19.0 Å². The van der Waals surface area contributed by atoms with Crippen molar-refractivity contribution in [3.05, 3.63) is 41.5 Å². The molecule has 0 saturated heterocycles. The van der Waals surface area contributed by atoms with E-state index in [0.29, 0.717) is 18.2 Å². The van der Waals surface area contributed by atoms with E-state index in [1.54, 1.807) is 11.0 Å². The fraction of sp³-hybridized carbons (Fsp3) is 0.556. The van der Waals surface area contributed by atoms with Gasteiger partial charge >= 0.3 is 6.03 Å². The van der Waals surface area contributed by atoms with Crippen molar-refractivity contribution >= 4 is 6.03 Å². The van der Waals surface area contributed by atoms with Crippen LogP contribution in [0.15, 0.2) is 18.3 Å². The molecule has 1 unspecified atom stereocenters. The van der Waals surface area contributed by atoms with Crippen LogP contribution < -0.4 is 5.32 Å². The van der Waals surface area contributed by atoms with Gasteiger partial charge < -0.3 is 14.8 Å². The number of hydrogen-bond donors (Lipinski definition) is 1. The van der Waals surface area contributed by atoms with Gasteiger partial charge in [0.2, 0.25) is 0 Å². The number of nitrogens with one attached hydrogen (secondary N) is 1. The molecule has 1 atom stereocenters. The number of fused-ring (bicyclic) bond motifs is 1. The van der Waals surface area contributed by atoms with Crippen molar-refractivity contribution in [2.24, 2.45) is 0 Å². The lowest BCUT2D eigenvalue weighted by atomic mass is 10.1. The summed E-state index contributed by atoms with van der Waals surface area (Å²) in [6.07, 6.45) is 6.03. The fourth-order valence-corrected chi connectivity index (χ4v) is 3.95. The molecule has 1 aliphatic heterocycles. The molecule has 1 aliphatic carbocycles. The number of hydrogen-bond acceptors (Lipinski definition) is 4. The van der Waals surface area contributed by atoms with Crippen molar-refractivity contribution in [1.82, 2.24) is 30.0 Å². The Balaban J connectivity index is 1.42. The number of rotatable bonds is 3. The molecule has 4 rings (SSSR count). The Morgan fingerprint density at radius 2 is 2.00 bits per heavy atom. The molecule has 0 aromatic carbocycles. The van der Waals surface area contributed by atoms with E-state index in [0.717, 1.165) is 24.4 Å².